The van der Waals surface area contributed by atoms with Crippen molar-refractivity contribution in [3.63, 3.8) is 0 Å². The van der Waals surface area contributed by atoms with Gasteiger partial charge in [-0.3, -0.25) is 9.78 Å². The normalized spacial score (nSPS) is 10.3. The van der Waals surface area contributed by atoms with E-state index >= 15 is 0 Å². The minimum atomic E-state index is -0.233. The smallest absolute Gasteiger partial charge is 0.258 e. The lowest BCUT2D eigenvalue weighted by molar-refractivity contribution is 0.102. The topological polar surface area (TPSA) is 79.8 Å². The molecule has 1 amide bonds. The van der Waals surface area contributed by atoms with Crippen molar-refractivity contribution < 1.29 is 4.79 Å². The van der Waals surface area contributed by atoms with Crippen molar-refractivity contribution in [3.8, 4) is 0 Å². The molecule has 0 spiro atoms. The Labute approximate surface area is 146 Å². The van der Waals surface area contributed by atoms with Crippen molar-refractivity contribution in [2.24, 2.45) is 0 Å². The Balaban J connectivity index is 1.62. The number of amides is 1. The van der Waals surface area contributed by atoms with E-state index in [0.29, 0.717) is 18.1 Å². The first-order valence-electron chi connectivity index (χ1n) is 7.94. The molecule has 2 N–H and O–H groups in total. The van der Waals surface area contributed by atoms with Crippen molar-refractivity contribution in [1.29, 1.82) is 0 Å². The minimum absolute atomic E-state index is 0.233. The SMILES string of the molecule is Cc1cc(C)cc(NC(=O)c2cnc(NCc3cccnc3)nc2)c1. The summed E-state index contributed by atoms with van der Waals surface area (Å²) in [6.45, 7) is 4.56. The van der Waals surface area contributed by atoms with Crippen LogP contribution in [0.4, 0.5) is 11.6 Å². The minimum Gasteiger partial charge on any atom is -0.350 e. The Hall–Kier alpha value is -3.28. The molecule has 0 aliphatic rings. The molecule has 25 heavy (non-hydrogen) atoms. The van der Waals surface area contributed by atoms with E-state index in [1.807, 2.05) is 38.1 Å². The summed E-state index contributed by atoms with van der Waals surface area (Å²) in [5.41, 5.74) is 4.40. The maximum Gasteiger partial charge on any atom is 0.258 e. The average Bonchev–Trinajstić information content (AvgIpc) is 2.60. The number of carbonyl (C=O) groups is 1. The number of carbonyl (C=O) groups excluding carboxylic acids is 1. The van der Waals surface area contributed by atoms with E-state index in [1.165, 1.54) is 12.4 Å². The highest BCUT2D eigenvalue weighted by Gasteiger charge is 2.08. The predicted molar refractivity (Wildman–Crippen MR) is 97.5 cm³/mol. The van der Waals surface area contributed by atoms with E-state index in [0.717, 1.165) is 22.4 Å². The lowest BCUT2D eigenvalue weighted by atomic mass is 10.1. The Bertz CT molecular complexity index is 842. The molecule has 0 fully saturated rings. The van der Waals surface area contributed by atoms with Gasteiger partial charge in [0.15, 0.2) is 0 Å². The summed E-state index contributed by atoms with van der Waals surface area (Å²) < 4.78 is 0. The second kappa shape index (κ2) is 7.53. The highest BCUT2D eigenvalue weighted by atomic mass is 16.1. The second-order valence-corrected chi connectivity index (χ2v) is 5.84. The van der Waals surface area contributed by atoms with Gasteiger partial charge in [-0.1, -0.05) is 12.1 Å². The van der Waals surface area contributed by atoms with Crippen LogP contribution in [0.3, 0.4) is 0 Å². The van der Waals surface area contributed by atoms with Crippen LogP contribution in [0, 0.1) is 13.8 Å². The van der Waals surface area contributed by atoms with Crippen LogP contribution < -0.4 is 10.6 Å². The number of hydrogen-bond acceptors (Lipinski definition) is 5. The van der Waals surface area contributed by atoms with Gasteiger partial charge in [0.2, 0.25) is 5.95 Å². The van der Waals surface area contributed by atoms with E-state index in [2.05, 4.69) is 31.7 Å². The number of aryl methyl sites for hydroxylation is 2. The summed E-state index contributed by atoms with van der Waals surface area (Å²) in [4.78, 5) is 24.7. The van der Waals surface area contributed by atoms with Crippen LogP contribution in [-0.2, 0) is 6.54 Å². The number of anilines is 2. The largest absolute Gasteiger partial charge is 0.350 e. The molecule has 0 saturated heterocycles. The van der Waals surface area contributed by atoms with Crippen molar-refractivity contribution in [1.82, 2.24) is 15.0 Å². The van der Waals surface area contributed by atoms with Gasteiger partial charge in [0.05, 0.1) is 5.56 Å². The van der Waals surface area contributed by atoms with E-state index in [9.17, 15) is 4.79 Å². The number of rotatable bonds is 5. The molecule has 0 bridgehead atoms. The Kier molecular flexibility index (Phi) is 4.99. The Morgan fingerprint density at radius 1 is 1.04 bits per heavy atom. The highest BCUT2D eigenvalue weighted by Crippen LogP contribution is 2.15. The molecule has 0 radical (unpaired) electrons. The van der Waals surface area contributed by atoms with E-state index in [-0.39, 0.29) is 5.91 Å². The standard InChI is InChI=1S/C19H19N5O/c1-13-6-14(2)8-17(7-13)24-18(25)16-11-22-19(23-12-16)21-10-15-4-3-5-20-9-15/h3-9,11-12H,10H2,1-2H3,(H,24,25)(H,21,22,23). The first kappa shape index (κ1) is 16.6. The van der Waals surface area contributed by atoms with Crippen LogP contribution in [0.2, 0.25) is 0 Å². The highest BCUT2D eigenvalue weighted by molar-refractivity contribution is 6.04. The van der Waals surface area contributed by atoms with Gasteiger partial charge in [-0.15, -0.1) is 0 Å². The third-order valence-corrected chi connectivity index (χ3v) is 3.57. The van der Waals surface area contributed by atoms with E-state index < -0.39 is 0 Å². The summed E-state index contributed by atoms with van der Waals surface area (Å²) >= 11 is 0. The molecule has 6 heteroatoms. The quantitative estimate of drug-likeness (QED) is 0.748. The summed E-state index contributed by atoms with van der Waals surface area (Å²) in [6.07, 6.45) is 6.52. The zero-order valence-corrected chi connectivity index (χ0v) is 14.2. The molecule has 1 aromatic carbocycles. The third kappa shape index (κ3) is 4.60. The first-order valence-corrected chi connectivity index (χ1v) is 7.94. The molecular formula is C19H19N5O. The lowest BCUT2D eigenvalue weighted by Crippen LogP contribution is -2.13. The molecule has 0 aliphatic carbocycles. The second-order valence-electron chi connectivity index (χ2n) is 5.84. The van der Waals surface area contributed by atoms with Gasteiger partial charge in [0.1, 0.15) is 0 Å². The summed E-state index contributed by atoms with van der Waals surface area (Å²) in [7, 11) is 0. The van der Waals surface area contributed by atoms with Crippen LogP contribution in [0.1, 0.15) is 27.0 Å². The molecule has 126 valence electrons. The van der Waals surface area contributed by atoms with Crippen molar-refractivity contribution in [2.75, 3.05) is 10.6 Å². The van der Waals surface area contributed by atoms with Gasteiger partial charge in [0, 0.05) is 37.0 Å². The molecule has 3 rings (SSSR count). The molecule has 2 heterocycles. The number of nitrogens with zero attached hydrogens (tertiary/aromatic N) is 3. The van der Waals surface area contributed by atoms with Gasteiger partial charge >= 0.3 is 0 Å². The fraction of sp³-hybridized carbons (Fsp3) is 0.158. The van der Waals surface area contributed by atoms with Gasteiger partial charge in [-0.05, 0) is 48.7 Å². The fourth-order valence-electron chi connectivity index (χ4n) is 2.47. The van der Waals surface area contributed by atoms with Crippen LogP contribution >= 0.6 is 0 Å². The fourth-order valence-corrected chi connectivity index (χ4v) is 2.47. The van der Waals surface area contributed by atoms with Gasteiger partial charge in [0.25, 0.3) is 5.91 Å². The first-order chi connectivity index (χ1) is 12.1. The predicted octanol–water partition coefficient (Wildman–Crippen LogP) is 3.35. The van der Waals surface area contributed by atoms with Gasteiger partial charge < -0.3 is 10.6 Å². The Morgan fingerprint density at radius 3 is 2.40 bits per heavy atom. The molecule has 0 atom stereocenters. The maximum atomic E-state index is 12.3. The molecule has 2 aromatic heterocycles. The number of hydrogen-bond donors (Lipinski definition) is 2. The van der Waals surface area contributed by atoms with Crippen molar-refractivity contribution in [2.45, 2.75) is 20.4 Å². The molecule has 0 unspecified atom stereocenters. The van der Waals surface area contributed by atoms with Crippen molar-refractivity contribution >= 4 is 17.5 Å². The van der Waals surface area contributed by atoms with Crippen LogP contribution in [0.25, 0.3) is 0 Å². The number of aromatic nitrogens is 3. The lowest BCUT2D eigenvalue weighted by Gasteiger charge is -2.08. The van der Waals surface area contributed by atoms with Crippen LogP contribution in [-0.4, -0.2) is 20.9 Å². The van der Waals surface area contributed by atoms with E-state index in [4.69, 9.17) is 0 Å². The summed E-state index contributed by atoms with van der Waals surface area (Å²) in [5, 5.41) is 5.97. The molecule has 0 aliphatic heterocycles. The van der Waals surface area contributed by atoms with Crippen molar-refractivity contribution in [3.05, 3.63) is 77.4 Å². The van der Waals surface area contributed by atoms with Crippen LogP contribution in [0.15, 0.2) is 55.1 Å². The van der Waals surface area contributed by atoms with Gasteiger partial charge in [-0.2, -0.15) is 0 Å². The monoisotopic (exact) mass is 333 g/mol. The molecule has 6 nitrogen and oxygen atoms in total. The zero-order chi connectivity index (χ0) is 17.6. The molecular weight excluding hydrogens is 314 g/mol. The molecule has 0 saturated carbocycles. The maximum absolute atomic E-state index is 12.3. The summed E-state index contributed by atoms with van der Waals surface area (Å²) in [6, 6.07) is 9.75. The van der Waals surface area contributed by atoms with Crippen LogP contribution in [0.5, 0.6) is 0 Å². The van der Waals surface area contributed by atoms with E-state index in [1.54, 1.807) is 12.4 Å². The molecule has 3 aromatic rings. The van der Waals surface area contributed by atoms with Gasteiger partial charge in [-0.25, -0.2) is 9.97 Å². The third-order valence-electron chi connectivity index (χ3n) is 3.57. The summed E-state index contributed by atoms with van der Waals surface area (Å²) in [5.74, 6) is 0.232. The Morgan fingerprint density at radius 2 is 1.76 bits per heavy atom. The number of benzene rings is 1. The zero-order valence-electron chi connectivity index (χ0n) is 14.2. The number of pyridine rings is 1. The average molecular weight is 333 g/mol. The number of nitrogens with one attached hydrogen (secondary N) is 2.